The minimum Gasteiger partial charge on any atom is -0.354 e. The third-order valence-corrected chi connectivity index (χ3v) is 5.78. The zero-order chi connectivity index (χ0) is 20.9. The molecule has 6 nitrogen and oxygen atoms in total. The van der Waals surface area contributed by atoms with E-state index >= 15 is 0 Å². The number of nitrogens with one attached hydrogen (secondary N) is 1. The molecule has 0 unspecified atom stereocenters. The van der Waals surface area contributed by atoms with Crippen LogP contribution in [0.2, 0.25) is 5.02 Å². The highest BCUT2D eigenvalue weighted by atomic mass is 35.5. The van der Waals surface area contributed by atoms with Gasteiger partial charge in [-0.1, -0.05) is 58.6 Å². The first kappa shape index (κ1) is 20.5. The summed E-state index contributed by atoms with van der Waals surface area (Å²) in [5.41, 5.74) is 2.13. The minimum atomic E-state index is -0.750. The van der Waals surface area contributed by atoms with Gasteiger partial charge in [0.25, 0.3) is 5.91 Å². The average molecular weight is 441 g/mol. The second-order valence-corrected chi connectivity index (χ2v) is 8.26. The van der Waals surface area contributed by atoms with E-state index in [1.54, 1.807) is 34.5 Å². The summed E-state index contributed by atoms with van der Waals surface area (Å²) >= 11 is 7.17. The second-order valence-electron chi connectivity index (χ2n) is 7.21. The largest absolute Gasteiger partial charge is 0.354 e. The van der Waals surface area contributed by atoms with E-state index in [1.807, 2.05) is 30.3 Å². The van der Waals surface area contributed by atoms with Crippen LogP contribution in [0, 0.1) is 0 Å². The predicted molar refractivity (Wildman–Crippen MR) is 116 cm³/mol. The Morgan fingerprint density at radius 3 is 2.50 bits per heavy atom. The third kappa shape index (κ3) is 4.86. The Morgan fingerprint density at radius 2 is 1.87 bits per heavy atom. The number of amides is 2. The summed E-state index contributed by atoms with van der Waals surface area (Å²) in [4.78, 5) is 28.1. The van der Waals surface area contributed by atoms with E-state index in [4.69, 9.17) is 11.6 Å². The van der Waals surface area contributed by atoms with Gasteiger partial charge in [0.2, 0.25) is 5.91 Å². The van der Waals surface area contributed by atoms with E-state index in [1.165, 1.54) is 0 Å². The Kier molecular flexibility index (Phi) is 6.40. The van der Waals surface area contributed by atoms with Gasteiger partial charge in [-0.25, -0.2) is 0 Å². The predicted octanol–water partition coefficient (Wildman–Crippen LogP) is 3.90. The highest BCUT2D eigenvalue weighted by Crippen LogP contribution is 2.36. The number of halogens is 1. The molecule has 0 radical (unpaired) electrons. The van der Waals surface area contributed by atoms with Gasteiger partial charge in [-0.05, 0) is 54.1 Å². The van der Waals surface area contributed by atoms with E-state index in [0.717, 1.165) is 35.5 Å². The molecule has 1 aliphatic carbocycles. The van der Waals surface area contributed by atoms with Crippen molar-refractivity contribution in [1.29, 1.82) is 0 Å². The smallest absolute Gasteiger partial charge is 0.276 e. The van der Waals surface area contributed by atoms with Crippen LogP contribution in [0.5, 0.6) is 0 Å². The molecule has 1 aliphatic rings. The molecule has 154 valence electrons. The van der Waals surface area contributed by atoms with E-state index in [-0.39, 0.29) is 23.6 Å². The van der Waals surface area contributed by atoms with Crippen LogP contribution < -0.4 is 5.32 Å². The number of rotatable bonds is 8. The standard InChI is InChI=1S/C22H21ClN4O2S/c23-17-8-6-16(7-9-17)20(21(28)24-13-12-15-4-2-1-3-5-15)27(18-10-11-18)22(29)19-14-30-26-25-19/h1-9,14,18,20H,10-13H2,(H,24,28)/t20-/m0/s1. The first-order valence-electron chi connectivity index (χ1n) is 9.80. The van der Waals surface area contributed by atoms with Crippen molar-refractivity contribution in [3.05, 3.63) is 81.8 Å². The molecule has 1 heterocycles. The summed E-state index contributed by atoms with van der Waals surface area (Å²) in [5, 5.41) is 9.13. The number of aromatic nitrogens is 2. The van der Waals surface area contributed by atoms with E-state index in [9.17, 15) is 9.59 Å². The molecule has 8 heteroatoms. The fourth-order valence-electron chi connectivity index (χ4n) is 3.39. The number of nitrogens with zero attached hydrogens (tertiary/aromatic N) is 3. The van der Waals surface area contributed by atoms with Crippen molar-refractivity contribution in [3.63, 3.8) is 0 Å². The molecule has 0 aliphatic heterocycles. The first-order chi connectivity index (χ1) is 14.6. The molecule has 1 saturated carbocycles. The van der Waals surface area contributed by atoms with Crippen molar-refractivity contribution in [1.82, 2.24) is 19.8 Å². The number of carbonyl (C=O) groups is 2. The molecule has 1 aromatic heterocycles. The lowest BCUT2D eigenvalue weighted by atomic mass is 10.0. The van der Waals surface area contributed by atoms with Crippen LogP contribution in [0.15, 0.2) is 60.0 Å². The normalized spacial score (nSPS) is 14.2. The molecule has 30 heavy (non-hydrogen) atoms. The summed E-state index contributed by atoms with van der Waals surface area (Å²) in [6.45, 7) is 0.484. The quantitative estimate of drug-likeness (QED) is 0.576. The summed E-state index contributed by atoms with van der Waals surface area (Å²) in [6, 6.07) is 16.3. The Morgan fingerprint density at radius 1 is 1.13 bits per heavy atom. The molecular formula is C22H21ClN4O2S. The van der Waals surface area contributed by atoms with Gasteiger partial charge in [0.15, 0.2) is 5.69 Å². The molecule has 1 fully saturated rings. The van der Waals surface area contributed by atoms with E-state index < -0.39 is 6.04 Å². The lowest BCUT2D eigenvalue weighted by Crippen LogP contribution is -2.45. The molecule has 2 aromatic carbocycles. The summed E-state index contributed by atoms with van der Waals surface area (Å²) < 4.78 is 3.80. The van der Waals surface area contributed by atoms with E-state index in [2.05, 4.69) is 14.9 Å². The Balaban J connectivity index is 1.57. The van der Waals surface area contributed by atoms with Gasteiger partial charge < -0.3 is 10.2 Å². The van der Waals surface area contributed by atoms with Crippen molar-refractivity contribution in [2.24, 2.45) is 0 Å². The Labute approximate surface area is 184 Å². The van der Waals surface area contributed by atoms with Crippen LogP contribution in [0.25, 0.3) is 0 Å². The minimum absolute atomic E-state index is 0.0137. The molecule has 2 amide bonds. The van der Waals surface area contributed by atoms with Gasteiger partial charge in [0, 0.05) is 23.0 Å². The maximum atomic E-state index is 13.3. The highest BCUT2D eigenvalue weighted by molar-refractivity contribution is 7.03. The number of hydrogen-bond donors (Lipinski definition) is 1. The monoisotopic (exact) mass is 440 g/mol. The fourth-order valence-corrected chi connectivity index (χ4v) is 3.95. The van der Waals surface area contributed by atoms with E-state index in [0.29, 0.717) is 18.0 Å². The lowest BCUT2D eigenvalue weighted by molar-refractivity contribution is -0.126. The lowest BCUT2D eigenvalue weighted by Gasteiger charge is -2.31. The van der Waals surface area contributed by atoms with Crippen LogP contribution >= 0.6 is 23.1 Å². The summed E-state index contributed by atoms with van der Waals surface area (Å²) in [7, 11) is 0. The number of carbonyl (C=O) groups excluding carboxylic acids is 2. The first-order valence-corrected chi connectivity index (χ1v) is 11.0. The van der Waals surface area contributed by atoms with Crippen molar-refractivity contribution in [3.8, 4) is 0 Å². The van der Waals surface area contributed by atoms with Crippen LogP contribution in [0.4, 0.5) is 0 Å². The van der Waals surface area contributed by atoms with Crippen molar-refractivity contribution >= 4 is 34.9 Å². The third-order valence-electron chi connectivity index (χ3n) is 5.02. The van der Waals surface area contributed by atoms with Crippen LogP contribution in [-0.4, -0.2) is 38.9 Å². The van der Waals surface area contributed by atoms with Crippen LogP contribution in [0.1, 0.15) is 40.5 Å². The van der Waals surface area contributed by atoms with Gasteiger partial charge >= 0.3 is 0 Å². The molecule has 1 N–H and O–H groups in total. The van der Waals surface area contributed by atoms with Gasteiger partial charge in [0.05, 0.1) is 0 Å². The Hall–Kier alpha value is -2.77. The summed E-state index contributed by atoms with van der Waals surface area (Å²) in [6.07, 6.45) is 2.45. The van der Waals surface area contributed by atoms with Gasteiger partial charge in [0.1, 0.15) is 6.04 Å². The van der Waals surface area contributed by atoms with Crippen molar-refractivity contribution < 1.29 is 9.59 Å². The van der Waals surface area contributed by atoms with Gasteiger partial charge in [-0.3, -0.25) is 9.59 Å². The number of benzene rings is 2. The molecule has 0 spiro atoms. The molecule has 0 saturated heterocycles. The maximum Gasteiger partial charge on any atom is 0.276 e. The number of hydrogen-bond acceptors (Lipinski definition) is 5. The van der Waals surface area contributed by atoms with Gasteiger partial charge in [-0.2, -0.15) is 0 Å². The SMILES string of the molecule is O=C(NCCc1ccccc1)[C@H](c1ccc(Cl)cc1)N(C(=O)c1csnn1)C1CC1. The van der Waals surface area contributed by atoms with Gasteiger partial charge in [-0.15, -0.1) is 5.10 Å². The fraction of sp³-hybridized carbons (Fsp3) is 0.273. The molecule has 4 rings (SSSR count). The molecule has 3 aromatic rings. The highest BCUT2D eigenvalue weighted by Gasteiger charge is 2.42. The zero-order valence-electron chi connectivity index (χ0n) is 16.2. The summed E-state index contributed by atoms with van der Waals surface area (Å²) in [5.74, 6) is -0.485. The van der Waals surface area contributed by atoms with Crippen molar-refractivity contribution in [2.75, 3.05) is 6.54 Å². The maximum absolute atomic E-state index is 13.3. The molecule has 1 atom stereocenters. The molecular weight excluding hydrogens is 420 g/mol. The zero-order valence-corrected chi connectivity index (χ0v) is 17.8. The van der Waals surface area contributed by atoms with Crippen LogP contribution in [0.3, 0.4) is 0 Å². The molecule has 0 bridgehead atoms. The Bertz CT molecular complexity index is 992. The van der Waals surface area contributed by atoms with Crippen molar-refractivity contribution in [2.45, 2.75) is 31.3 Å². The average Bonchev–Trinajstić information content (AvgIpc) is 3.44. The second kappa shape index (κ2) is 9.36. The van der Waals surface area contributed by atoms with Crippen LogP contribution in [-0.2, 0) is 11.2 Å². The topological polar surface area (TPSA) is 75.2 Å².